The number of rotatable bonds is 2. The molecule has 18 heavy (non-hydrogen) atoms. The maximum atomic E-state index is 12.0. The van der Waals surface area contributed by atoms with E-state index in [-0.39, 0.29) is 5.78 Å². The Balaban J connectivity index is 2.05. The van der Waals surface area contributed by atoms with E-state index >= 15 is 0 Å². The van der Waals surface area contributed by atoms with Gasteiger partial charge in [0, 0.05) is 12.0 Å². The van der Waals surface area contributed by atoms with Crippen molar-refractivity contribution in [2.75, 3.05) is 0 Å². The second-order valence-electron chi connectivity index (χ2n) is 5.39. The smallest absolute Gasteiger partial charge is 0.314 e. The van der Waals surface area contributed by atoms with Crippen molar-refractivity contribution in [2.24, 2.45) is 0 Å². The van der Waals surface area contributed by atoms with E-state index in [1.54, 1.807) is 0 Å². The Kier molecular flexibility index (Phi) is 2.51. The molecule has 1 saturated carbocycles. The van der Waals surface area contributed by atoms with E-state index in [2.05, 4.69) is 0 Å². The van der Waals surface area contributed by atoms with Crippen LogP contribution < -0.4 is 0 Å². The van der Waals surface area contributed by atoms with Gasteiger partial charge in [-0.1, -0.05) is 12.1 Å². The van der Waals surface area contributed by atoms with Gasteiger partial charge in [-0.15, -0.1) is 0 Å². The molecule has 2 aliphatic carbocycles. The van der Waals surface area contributed by atoms with Gasteiger partial charge in [-0.05, 0) is 49.3 Å². The first-order chi connectivity index (χ1) is 8.63. The quantitative estimate of drug-likeness (QED) is 0.814. The van der Waals surface area contributed by atoms with Gasteiger partial charge in [0.05, 0.1) is 5.41 Å². The summed E-state index contributed by atoms with van der Waals surface area (Å²) in [4.78, 5) is 23.3. The molecule has 0 bridgehead atoms. The molecule has 1 N–H and O–H groups in total. The first kappa shape index (κ1) is 11.5. The number of aliphatic carboxylic acids is 1. The lowest BCUT2D eigenvalue weighted by atomic mass is 9.90. The third-order valence-corrected chi connectivity index (χ3v) is 4.22. The van der Waals surface area contributed by atoms with Crippen molar-refractivity contribution in [1.29, 1.82) is 0 Å². The predicted octanol–water partition coefficient (Wildman–Crippen LogP) is 2.71. The van der Waals surface area contributed by atoms with Gasteiger partial charge >= 0.3 is 5.97 Å². The van der Waals surface area contributed by atoms with Crippen LogP contribution in [0, 0.1) is 0 Å². The lowest BCUT2D eigenvalue weighted by Crippen LogP contribution is -2.20. The standard InChI is InChI=1S/C15H16O3/c16-13-4-2-1-3-10-5-6-11(9-12(10)13)15(7-8-15)14(17)18/h5-6,9H,1-4,7-8H2,(H,17,18). The summed E-state index contributed by atoms with van der Waals surface area (Å²) in [6, 6.07) is 5.69. The number of benzene rings is 1. The van der Waals surface area contributed by atoms with Crippen LogP contribution in [-0.4, -0.2) is 16.9 Å². The molecule has 0 amide bonds. The van der Waals surface area contributed by atoms with Crippen LogP contribution in [0.3, 0.4) is 0 Å². The van der Waals surface area contributed by atoms with E-state index in [9.17, 15) is 14.7 Å². The second kappa shape index (κ2) is 3.94. The van der Waals surface area contributed by atoms with Gasteiger partial charge in [-0.25, -0.2) is 0 Å². The van der Waals surface area contributed by atoms with Crippen LogP contribution in [0.15, 0.2) is 18.2 Å². The molecule has 0 radical (unpaired) electrons. The molecule has 1 fully saturated rings. The number of carbonyl (C=O) groups is 2. The lowest BCUT2D eigenvalue weighted by molar-refractivity contribution is -0.140. The van der Waals surface area contributed by atoms with Crippen molar-refractivity contribution in [3.8, 4) is 0 Å². The molecule has 0 aromatic heterocycles. The van der Waals surface area contributed by atoms with E-state index in [1.807, 2.05) is 18.2 Å². The molecule has 0 spiro atoms. The maximum Gasteiger partial charge on any atom is 0.314 e. The van der Waals surface area contributed by atoms with Crippen molar-refractivity contribution in [3.05, 3.63) is 34.9 Å². The average Bonchev–Trinajstić information content (AvgIpc) is 3.15. The third-order valence-electron chi connectivity index (χ3n) is 4.22. The summed E-state index contributed by atoms with van der Waals surface area (Å²) >= 11 is 0. The van der Waals surface area contributed by atoms with Crippen LogP contribution in [0.1, 0.15) is 53.6 Å². The van der Waals surface area contributed by atoms with E-state index in [0.29, 0.717) is 19.3 Å². The van der Waals surface area contributed by atoms with Crippen molar-refractivity contribution in [3.63, 3.8) is 0 Å². The van der Waals surface area contributed by atoms with Crippen LogP contribution in [0.25, 0.3) is 0 Å². The molecule has 0 unspecified atom stereocenters. The fourth-order valence-electron chi connectivity index (χ4n) is 2.84. The Morgan fingerprint density at radius 3 is 2.56 bits per heavy atom. The highest BCUT2D eigenvalue weighted by Crippen LogP contribution is 2.48. The molecule has 3 nitrogen and oxygen atoms in total. The van der Waals surface area contributed by atoms with Gasteiger partial charge in [0.1, 0.15) is 0 Å². The van der Waals surface area contributed by atoms with Crippen LogP contribution in [0.2, 0.25) is 0 Å². The van der Waals surface area contributed by atoms with Crippen molar-refractivity contribution >= 4 is 11.8 Å². The summed E-state index contributed by atoms with van der Waals surface area (Å²) in [6.07, 6.45) is 4.89. The minimum Gasteiger partial charge on any atom is -0.481 e. The summed E-state index contributed by atoms with van der Waals surface area (Å²) in [5.74, 6) is -0.589. The van der Waals surface area contributed by atoms with Gasteiger partial charge in [0.25, 0.3) is 0 Å². The number of carboxylic acids is 1. The van der Waals surface area contributed by atoms with E-state index in [1.165, 1.54) is 0 Å². The third kappa shape index (κ3) is 1.65. The Morgan fingerprint density at radius 1 is 1.17 bits per heavy atom. The van der Waals surface area contributed by atoms with Crippen molar-refractivity contribution in [2.45, 2.75) is 43.9 Å². The Hall–Kier alpha value is -1.64. The SMILES string of the molecule is O=C1CCCCc2ccc(C3(C(=O)O)CC3)cc21. The first-order valence-corrected chi connectivity index (χ1v) is 6.53. The molecule has 1 aromatic rings. The lowest BCUT2D eigenvalue weighted by Gasteiger charge is -2.13. The minimum atomic E-state index is -0.761. The van der Waals surface area contributed by atoms with Crippen LogP contribution >= 0.6 is 0 Å². The van der Waals surface area contributed by atoms with Crippen LogP contribution in [0.5, 0.6) is 0 Å². The summed E-state index contributed by atoms with van der Waals surface area (Å²) in [7, 11) is 0. The molecular weight excluding hydrogens is 228 g/mol. The zero-order valence-electron chi connectivity index (χ0n) is 10.2. The minimum absolute atomic E-state index is 0.172. The van der Waals surface area contributed by atoms with Crippen LogP contribution in [0.4, 0.5) is 0 Å². The fraction of sp³-hybridized carbons (Fsp3) is 0.467. The Morgan fingerprint density at radius 2 is 1.89 bits per heavy atom. The topological polar surface area (TPSA) is 54.4 Å². The Bertz CT molecular complexity index is 527. The van der Waals surface area contributed by atoms with E-state index in [4.69, 9.17) is 0 Å². The normalized spacial score (nSPS) is 21.0. The number of fused-ring (bicyclic) bond motifs is 1. The average molecular weight is 244 g/mol. The second-order valence-corrected chi connectivity index (χ2v) is 5.39. The number of hydrogen-bond acceptors (Lipinski definition) is 2. The monoisotopic (exact) mass is 244 g/mol. The zero-order valence-corrected chi connectivity index (χ0v) is 10.2. The largest absolute Gasteiger partial charge is 0.481 e. The summed E-state index contributed by atoms with van der Waals surface area (Å²) in [6.45, 7) is 0. The molecule has 0 aliphatic heterocycles. The van der Waals surface area contributed by atoms with E-state index in [0.717, 1.165) is 36.0 Å². The highest BCUT2D eigenvalue weighted by Gasteiger charge is 2.51. The number of carbonyl (C=O) groups excluding carboxylic acids is 1. The molecule has 0 atom stereocenters. The number of hydrogen-bond donors (Lipinski definition) is 1. The summed E-state index contributed by atoms with van der Waals surface area (Å²) in [5, 5.41) is 9.30. The summed E-state index contributed by atoms with van der Waals surface area (Å²) < 4.78 is 0. The zero-order chi connectivity index (χ0) is 12.8. The molecule has 1 aromatic carbocycles. The van der Waals surface area contributed by atoms with Crippen molar-refractivity contribution < 1.29 is 14.7 Å². The molecule has 0 saturated heterocycles. The van der Waals surface area contributed by atoms with Crippen molar-refractivity contribution in [1.82, 2.24) is 0 Å². The highest BCUT2D eigenvalue weighted by atomic mass is 16.4. The molecule has 3 rings (SSSR count). The molecule has 3 heteroatoms. The number of Topliss-reactive ketones (excluding diaryl/α,β-unsaturated/α-hetero) is 1. The summed E-state index contributed by atoms with van der Waals surface area (Å²) in [5.41, 5.74) is 1.95. The molecule has 94 valence electrons. The predicted molar refractivity (Wildman–Crippen MR) is 66.9 cm³/mol. The first-order valence-electron chi connectivity index (χ1n) is 6.53. The number of aryl methyl sites for hydroxylation is 1. The molecule has 2 aliphatic rings. The fourth-order valence-corrected chi connectivity index (χ4v) is 2.84. The van der Waals surface area contributed by atoms with Gasteiger partial charge in [-0.3, -0.25) is 9.59 Å². The highest BCUT2D eigenvalue weighted by molar-refractivity contribution is 5.98. The molecular formula is C15H16O3. The van der Waals surface area contributed by atoms with Gasteiger partial charge in [-0.2, -0.15) is 0 Å². The maximum absolute atomic E-state index is 12.0. The Labute approximate surface area is 106 Å². The van der Waals surface area contributed by atoms with Gasteiger partial charge in [0.2, 0.25) is 0 Å². The van der Waals surface area contributed by atoms with E-state index < -0.39 is 11.4 Å². The number of carboxylic acid groups (broad SMARTS) is 1. The molecule has 0 heterocycles. The van der Waals surface area contributed by atoms with Crippen LogP contribution in [-0.2, 0) is 16.6 Å². The number of ketones is 1. The van der Waals surface area contributed by atoms with Gasteiger partial charge in [0.15, 0.2) is 5.78 Å². The van der Waals surface area contributed by atoms with Gasteiger partial charge < -0.3 is 5.11 Å².